The molecule has 0 bridgehead atoms. The van der Waals surface area contributed by atoms with Crippen LogP contribution in [-0.2, 0) is 24.1 Å². The monoisotopic (exact) mass is 190 g/mol. The molecule has 0 amide bonds. The number of hydrogen-bond donors (Lipinski definition) is 1. The van der Waals surface area contributed by atoms with Gasteiger partial charge in [-0.1, -0.05) is 0 Å². The van der Waals surface area contributed by atoms with E-state index in [9.17, 15) is 9.59 Å². The van der Waals surface area contributed by atoms with E-state index in [0.29, 0.717) is 6.08 Å². The van der Waals surface area contributed by atoms with Crippen LogP contribution in [0.2, 0.25) is 0 Å². The highest BCUT2D eigenvalue weighted by molar-refractivity contribution is 5.90. The minimum atomic E-state index is -1.24. The van der Waals surface area contributed by atoms with Crippen LogP contribution in [0.5, 0.6) is 0 Å². The highest BCUT2D eigenvalue weighted by Crippen LogP contribution is 1.92. The van der Waals surface area contributed by atoms with Crippen molar-refractivity contribution in [2.75, 3.05) is 7.11 Å². The zero-order valence-electron chi connectivity index (χ0n) is 7.22. The number of carbonyl (C=O) groups is 2. The lowest BCUT2D eigenvalue weighted by Gasteiger charge is -2.06. The van der Waals surface area contributed by atoms with E-state index in [1.165, 1.54) is 14.0 Å². The molecule has 0 heterocycles. The molecule has 1 N–H and O–H groups in total. The third-order valence-electron chi connectivity index (χ3n) is 0.960. The van der Waals surface area contributed by atoms with Gasteiger partial charge in [0.2, 0.25) is 0 Å². The van der Waals surface area contributed by atoms with E-state index in [1.807, 2.05) is 0 Å². The summed E-state index contributed by atoms with van der Waals surface area (Å²) in [4.78, 5) is 29.1. The van der Waals surface area contributed by atoms with Gasteiger partial charge in [0.15, 0.2) is 6.29 Å². The molecule has 0 aliphatic rings. The van der Waals surface area contributed by atoms with Crippen LogP contribution in [0.3, 0.4) is 0 Å². The Morgan fingerprint density at radius 3 is 2.46 bits per heavy atom. The predicted molar refractivity (Wildman–Crippen MR) is 40.4 cm³/mol. The highest BCUT2D eigenvalue weighted by Gasteiger charge is 2.04. The number of ether oxygens (including phenoxy) is 1. The molecule has 1 atom stereocenters. The number of rotatable bonds is 5. The van der Waals surface area contributed by atoms with E-state index < -0.39 is 18.2 Å². The van der Waals surface area contributed by atoms with Crippen molar-refractivity contribution in [2.24, 2.45) is 0 Å². The van der Waals surface area contributed by atoms with Crippen molar-refractivity contribution >= 4 is 11.9 Å². The number of hydrogen-bond acceptors (Lipinski definition) is 5. The zero-order valence-corrected chi connectivity index (χ0v) is 7.22. The number of aliphatic carboxylic acids is 1. The number of carbonyl (C=O) groups excluding carboxylic acids is 1. The van der Waals surface area contributed by atoms with Crippen molar-refractivity contribution in [3.63, 3.8) is 0 Å². The molecule has 6 nitrogen and oxygen atoms in total. The lowest BCUT2D eigenvalue weighted by molar-refractivity contribution is -0.339. The zero-order chi connectivity index (χ0) is 10.3. The third kappa shape index (κ3) is 6.98. The fraction of sp³-hybridized carbons (Fsp3) is 0.429. The molecule has 0 aromatic rings. The van der Waals surface area contributed by atoms with Crippen molar-refractivity contribution in [3.05, 3.63) is 12.2 Å². The second kappa shape index (κ2) is 6.15. The van der Waals surface area contributed by atoms with Crippen LogP contribution in [0.25, 0.3) is 0 Å². The maximum atomic E-state index is 10.6. The first kappa shape index (κ1) is 11.6. The van der Waals surface area contributed by atoms with Crippen LogP contribution in [0.4, 0.5) is 0 Å². The lowest BCUT2D eigenvalue weighted by atomic mass is 10.5. The first-order chi connectivity index (χ1) is 6.06. The largest absolute Gasteiger partial charge is 0.478 e. The van der Waals surface area contributed by atoms with Gasteiger partial charge in [-0.2, -0.15) is 4.89 Å². The molecule has 0 fully saturated rings. The second-order valence-corrected chi connectivity index (χ2v) is 1.97. The third-order valence-corrected chi connectivity index (χ3v) is 0.960. The normalized spacial score (nSPS) is 12.8. The molecule has 1 unspecified atom stereocenters. The maximum Gasteiger partial charge on any atom is 0.366 e. The van der Waals surface area contributed by atoms with Gasteiger partial charge in [-0.3, -0.25) is 4.89 Å². The van der Waals surface area contributed by atoms with E-state index in [1.54, 1.807) is 0 Å². The number of methoxy groups -OCH3 is 1. The fourth-order valence-corrected chi connectivity index (χ4v) is 0.322. The Morgan fingerprint density at radius 2 is 2.00 bits per heavy atom. The summed E-state index contributed by atoms with van der Waals surface area (Å²) in [6.07, 6.45) is 0.676. The summed E-state index contributed by atoms with van der Waals surface area (Å²) in [5.41, 5.74) is 0. The Balaban J connectivity index is 3.69. The van der Waals surface area contributed by atoms with Gasteiger partial charge < -0.3 is 9.84 Å². The Hall–Kier alpha value is -1.40. The van der Waals surface area contributed by atoms with Crippen molar-refractivity contribution < 1.29 is 29.2 Å². The van der Waals surface area contributed by atoms with Crippen molar-refractivity contribution in [1.82, 2.24) is 0 Å². The molecule has 0 saturated carbocycles. The van der Waals surface area contributed by atoms with Crippen molar-refractivity contribution in [3.8, 4) is 0 Å². The van der Waals surface area contributed by atoms with Gasteiger partial charge in [0, 0.05) is 19.3 Å². The topological polar surface area (TPSA) is 82.1 Å². The molecular formula is C7H10O6. The lowest BCUT2D eigenvalue weighted by Crippen LogP contribution is -2.13. The van der Waals surface area contributed by atoms with Crippen molar-refractivity contribution in [2.45, 2.75) is 13.2 Å². The molecule has 0 saturated heterocycles. The SMILES string of the molecule is COC(C)OOC(=O)C=CC(=O)O. The summed E-state index contributed by atoms with van der Waals surface area (Å²) in [6, 6.07) is 0. The van der Waals surface area contributed by atoms with Crippen LogP contribution in [-0.4, -0.2) is 30.4 Å². The molecule has 0 spiro atoms. The first-order valence-electron chi connectivity index (χ1n) is 3.37. The van der Waals surface area contributed by atoms with Gasteiger partial charge in [0.25, 0.3) is 0 Å². The quantitative estimate of drug-likeness (QED) is 0.286. The summed E-state index contributed by atoms with van der Waals surface area (Å²) >= 11 is 0. The maximum absolute atomic E-state index is 10.6. The molecule has 0 radical (unpaired) electrons. The smallest absolute Gasteiger partial charge is 0.366 e. The summed E-state index contributed by atoms with van der Waals surface area (Å²) < 4.78 is 4.59. The van der Waals surface area contributed by atoms with Gasteiger partial charge in [0.1, 0.15) is 0 Å². The van der Waals surface area contributed by atoms with Gasteiger partial charge in [-0.25, -0.2) is 9.59 Å². The molecule has 0 rings (SSSR count). The molecular weight excluding hydrogens is 180 g/mol. The van der Waals surface area contributed by atoms with Crippen LogP contribution < -0.4 is 0 Å². The van der Waals surface area contributed by atoms with Crippen LogP contribution in [0.1, 0.15) is 6.92 Å². The molecule has 0 aromatic carbocycles. The summed E-state index contributed by atoms with van der Waals surface area (Å²) in [6.45, 7) is 1.51. The number of carboxylic acid groups (broad SMARTS) is 1. The Morgan fingerprint density at radius 1 is 1.38 bits per heavy atom. The van der Waals surface area contributed by atoms with Gasteiger partial charge in [0.05, 0.1) is 0 Å². The average Bonchev–Trinajstić information content (AvgIpc) is 2.10. The minimum Gasteiger partial charge on any atom is -0.478 e. The fourth-order valence-electron chi connectivity index (χ4n) is 0.322. The van der Waals surface area contributed by atoms with Gasteiger partial charge in [-0.05, 0) is 6.92 Å². The van der Waals surface area contributed by atoms with Crippen molar-refractivity contribution in [1.29, 1.82) is 0 Å². The standard InChI is InChI=1S/C7H10O6/c1-5(11-2)12-13-7(10)4-3-6(8)9/h3-5H,1-2H3,(H,8,9). The molecule has 13 heavy (non-hydrogen) atoms. The van der Waals surface area contributed by atoms with Gasteiger partial charge >= 0.3 is 11.9 Å². The Labute approximate surface area is 74.6 Å². The van der Waals surface area contributed by atoms with Crippen LogP contribution in [0.15, 0.2) is 12.2 Å². The van der Waals surface area contributed by atoms with E-state index in [-0.39, 0.29) is 0 Å². The van der Waals surface area contributed by atoms with Crippen LogP contribution >= 0.6 is 0 Å². The summed E-state index contributed by atoms with van der Waals surface area (Å²) in [5, 5.41) is 8.13. The molecule has 0 aliphatic carbocycles. The van der Waals surface area contributed by atoms with E-state index in [2.05, 4.69) is 14.5 Å². The Bertz CT molecular complexity index is 209. The second-order valence-electron chi connectivity index (χ2n) is 1.97. The minimum absolute atomic E-state index is 0.642. The molecule has 0 aliphatic heterocycles. The average molecular weight is 190 g/mol. The van der Waals surface area contributed by atoms with Gasteiger partial charge in [-0.15, -0.1) is 0 Å². The Kier molecular flexibility index (Phi) is 5.49. The van der Waals surface area contributed by atoms with Crippen LogP contribution in [0, 0.1) is 0 Å². The number of carboxylic acids is 1. The molecule has 6 heteroatoms. The predicted octanol–water partition coefficient (Wildman–Crippen LogP) is 0.0944. The van der Waals surface area contributed by atoms with E-state index in [0.717, 1.165) is 6.08 Å². The molecule has 74 valence electrons. The highest BCUT2D eigenvalue weighted by atomic mass is 17.2. The first-order valence-corrected chi connectivity index (χ1v) is 3.37. The van der Waals surface area contributed by atoms with E-state index >= 15 is 0 Å². The molecule has 0 aromatic heterocycles. The summed E-state index contributed by atoms with van der Waals surface area (Å²) in [7, 11) is 1.37. The van der Waals surface area contributed by atoms with E-state index in [4.69, 9.17) is 5.11 Å². The summed E-state index contributed by atoms with van der Waals surface area (Å²) in [5.74, 6) is -2.15.